The summed E-state index contributed by atoms with van der Waals surface area (Å²) in [5, 5.41) is 11.0. The summed E-state index contributed by atoms with van der Waals surface area (Å²) in [5.41, 5.74) is 4.33. The lowest BCUT2D eigenvalue weighted by molar-refractivity contribution is 0.155. The summed E-state index contributed by atoms with van der Waals surface area (Å²) in [7, 11) is 0. The molecular weight excluding hydrogens is 444 g/mol. The lowest BCUT2D eigenvalue weighted by Crippen LogP contribution is -2.35. The molecule has 0 amide bonds. The van der Waals surface area contributed by atoms with Crippen molar-refractivity contribution >= 4 is 11.6 Å². The summed E-state index contributed by atoms with van der Waals surface area (Å²) in [6.07, 6.45) is 3.69. The zero-order chi connectivity index (χ0) is 23.9. The molecule has 1 aromatic heterocycles. The Morgan fingerprint density at radius 1 is 1.06 bits per heavy atom. The van der Waals surface area contributed by atoms with E-state index in [1.54, 1.807) is 6.92 Å². The average Bonchev–Trinajstić information content (AvgIpc) is 2.85. The highest BCUT2D eigenvalue weighted by molar-refractivity contribution is 6.30. The topological polar surface area (TPSA) is 45.6 Å². The smallest absolute Gasteiger partial charge is 0.125 e. The highest BCUT2D eigenvalue weighted by Gasteiger charge is 2.16. The third-order valence-electron chi connectivity index (χ3n) is 6.28. The maximum Gasteiger partial charge on any atom is 0.125 e. The SMILES string of the molecule is CC1CCN(CCOc2ccc(C#Cc3ccc(-c4ccc(Cl)cc4)cn3)cc2C(C)O)CC1. The van der Waals surface area contributed by atoms with Crippen LogP contribution in [0.3, 0.4) is 0 Å². The van der Waals surface area contributed by atoms with Gasteiger partial charge in [-0.3, -0.25) is 4.90 Å². The number of benzene rings is 2. The van der Waals surface area contributed by atoms with Crippen LogP contribution < -0.4 is 4.74 Å². The lowest BCUT2D eigenvalue weighted by Gasteiger charge is -2.30. The fraction of sp³-hybridized carbons (Fsp3) is 0.345. The van der Waals surface area contributed by atoms with Crippen LogP contribution in [0.1, 0.15) is 49.6 Å². The molecule has 0 bridgehead atoms. The first-order valence-corrected chi connectivity index (χ1v) is 12.3. The minimum absolute atomic E-state index is 0.614. The molecule has 34 heavy (non-hydrogen) atoms. The average molecular weight is 475 g/mol. The molecule has 1 atom stereocenters. The summed E-state index contributed by atoms with van der Waals surface area (Å²) < 4.78 is 6.04. The Bertz CT molecular complexity index is 1140. The zero-order valence-electron chi connectivity index (χ0n) is 19.8. The number of ether oxygens (including phenoxy) is 1. The molecule has 1 fully saturated rings. The molecule has 0 aliphatic carbocycles. The van der Waals surface area contributed by atoms with Crippen LogP contribution in [0.25, 0.3) is 11.1 Å². The Kier molecular flexibility index (Phi) is 8.24. The number of pyridine rings is 1. The Hall–Kier alpha value is -2.84. The van der Waals surface area contributed by atoms with Crippen LogP contribution in [0.2, 0.25) is 5.02 Å². The van der Waals surface area contributed by atoms with Gasteiger partial charge in [-0.2, -0.15) is 0 Å². The van der Waals surface area contributed by atoms with Gasteiger partial charge in [0.1, 0.15) is 18.1 Å². The van der Waals surface area contributed by atoms with Crippen LogP contribution in [-0.2, 0) is 0 Å². The first-order chi connectivity index (χ1) is 16.5. The Morgan fingerprint density at radius 2 is 1.79 bits per heavy atom. The largest absolute Gasteiger partial charge is 0.492 e. The van der Waals surface area contributed by atoms with Gasteiger partial charge in [-0.15, -0.1) is 0 Å². The van der Waals surface area contributed by atoms with Gasteiger partial charge in [-0.25, -0.2) is 4.98 Å². The second-order valence-corrected chi connectivity index (χ2v) is 9.43. The molecule has 1 unspecified atom stereocenters. The van der Waals surface area contributed by atoms with Gasteiger partial charge >= 0.3 is 0 Å². The maximum atomic E-state index is 10.3. The second-order valence-electron chi connectivity index (χ2n) is 8.99. The van der Waals surface area contributed by atoms with Gasteiger partial charge in [0.25, 0.3) is 0 Å². The molecule has 0 spiro atoms. The Labute approximate surface area is 207 Å². The molecule has 4 rings (SSSR count). The van der Waals surface area contributed by atoms with Crippen LogP contribution in [0, 0.1) is 17.8 Å². The first-order valence-electron chi connectivity index (χ1n) is 11.9. The molecule has 0 radical (unpaired) electrons. The molecular formula is C29H31ClN2O2. The zero-order valence-corrected chi connectivity index (χ0v) is 20.6. The number of hydrogen-bond donors (Lipinski definition) is 1. The summed E-state index contributed by atoms with van der Waals surface area (Å²) in [5.74, 6) is 7.81. The highest BCUT2D eigenvalue weighted by Crippen LogP contribution is 2.27. The van der Waals surface area contributed by atoms with Crippen molar-refractivity contribution in [1.29, 1.82) is 0 Å². The van der Waals surface area contributed by atoms with Gasteiger partial charge in [-0.1, -0.05) is 42.6 Å². The van der Waals surface area contributed by atoms with E-state index < -0.39 is 6.10 Å². The predicted octanol–water partition coefficient (Wildman–Crippen LogP) is 5.97. The second kappa shape index (κ2) is 11.5. The van der Waals surface area contributed by atoms with Crippen molar-refractivity contribution in [3.05, 3.63) is 82.6 Å². The van der Waals surface area contributed by atoms with Gasteiger partial charge in [-0.05, 0) is 86.7 Å². The van der Waals surface area contributed by atoms with Crippen molar-refractivity contribution in [3.63, 3.8) is 0 Å². The number of halogens is 1. The van der Waals surface area contributed by atoms with Gasteiger partial charge < -0.3 is 9.84 Å². The van der Waals surface area contributed by atoms with Gasteiger partial charge in [0.15, 0.2) is 0 Å². The van der Waals surface area contributed by atoms with E-state index in [2.05, 4.69) is 28.6 Å². The summed E-state index contributed by atoms with van der Waals surface area (Å²) in [4.78, 5) is 6.92. The molecule has 176 valence electrons. The van der Waals surface area contributed by atoms with Crippen LogP contribution in [0.15, 0.2) is 60.8 Å². The van der Waals surface area contributed by atoms with Crippen LogP contribution in [0.4, 0.5) is 0 Å². The summed E-state index contributed by atoms with van der Waals surface area (Å²) in [6, 6.07) is 17.3. The third-order valence-corrected chi connectivity index (χ3v) is 6.53. The van der Waals surface area contributed by atoms with E-state index in [0.717, 1.165) is 53.6 Å². The van der Waals surface area contributed by atoms with E-state index in [1.807, 2.05) is 60.8 Å². The standard InChI is InChI=1S/C29H31ClN2O2/c1-21-13-15-32(16-14-21)17-18-34-29-12-4-23(19-28(29)22(2)33)3-10-27-11-7-25(20-31-27)24-5-8-26(30)9-6-24/h4-9,11-12,19-22,33H,13-18H2,1-2H3. The van der Waals surface area contributed by atoms with Crippen LogP contribution in [0.5, 0.6) is 5.75 Å². The maximum absolute atomic E-state index is 10.3. The molecule has 0 saturated carbocycles. The first kappa shape index (κ1) is 24.3. The van der Waals surface area contributed by atoms with Crippen molar-refractivity contribution in [2.45, 2.75) is 32.8 Å². The van der Waals surface area contributed by atoms with Gasteiger partial charge in [0.2, 0.25) is 0 Å². The minimum atomic E-state index is -0.635. The van der Waals surface area contributed by atoms with Gasteiger partial charge in [0.05, 0.1) is 6.10 Å². The van der Waals surface area contributed by atoms with Crippen LogP contribution >= 0.6 is 11.6 Å². The monoisotopic (exact) mass is 474 g/mol. The molecule has 4 nitrogen and oxygen atoms in total. The van der Waals surface area contributed by atoms with E-state index in [9.17, 15) is 5.11 Å². The molecule has 2 aromatic carbocycles. The fourth-order valence-corrected chi connectivity index (χ4v) is 4.20. The number of likely N-dealkylation sites (tertiary alicyclic amines) is 1. The van der Waals surface area contributed by atoms with Crippen molar-refractivity contribution < 1.29 is 9.84 Å². The highest BCUT2D eigenvalue weighted by atomic mass is 35.5. The molecule has 1 aliphatic heterocycles. The Morgan fingerprint density at radius 3 is 2.47 bits per heavy atom. The molecule has 1 saturated heterocycles. The van der Waals surface area contributed by atoms with Crippen LogP contribution in [-0.4, -0.2) is 41.2 Å². The number of aliphatic hydroxyl groups is 1. The van der Waals surface area contributed by atoms with E-state index in [4.69, 9.17) is 16.3 Å². The van der Waals surface area contributed by atoms with E-state index in [-0.39, 0.29) is 0 Å². The van der Waals surface area contributed by atoms with E-state index >= 15 is 0 Å². The van der Waals surface area contributed by atoms with Crippen molar-refractivity contribution in [1.82, 2.24) is 9.88 Å². The number of piperidine rings is 1. The summed E-state index contributed by atoms with van der Waals surface area (Å²) in [6.45, 7) is 7.87. The van der Waals surface area contributed by atoms with Crippen molar-refractivity contribution in [2.75, 3.05) is 26.2 Å². The molecule has 5 heteroatoms. The number of hydrogen-bond acceptors (Lipinski definition) is 4. The normalized spacial score (nSPS) is 15.4. The number of aliphatic hydroxyl groups excluding tert-OH is 1. The number of rotatable bonds is 6. The number of nitrogens with zero attached hydrogens (tertiary/aromatic N) is 2. The van der Waals surface area contributed by atoms with E-state index in [1.165, 1.54) is 12.8 Å². The van der Waals surface area contributed by atoms with Crippen molar-refractivity contribution in [3.8, 4) is 28.7 Å². The Balaban J connectivity index is 1.40. The lowest BCUT2D eigenvalue weighted by atomic mass is 9.99. The summed E-state index contributed by atoms with van der Waals surface area (Å²) >= 11 is 5.97. The predicted molar refractivity (Wildman–Crippen MR) is 138 cm³/mol. The molecule has 1 aliphatic rings. The van der Waals surface area contributed by atoms with E-state index in [0.29, 0.717) is 17.3 Å². The minimum Gasteiger partial charge on any atom is -0.492 e. The fourth-order valence-electron chi connectivity index (χ4n) is 4.07. The van der Waals surface area contributed by atoms with Crippen molar-refractivity contribution in [2.24, 2.45) is 5.92 Å². The van der Waals surface area contributed by atoms with Gasteiger partial charge in [0, 0.05) is 34.5 Å². The molecule has 3 aromatic rings. The third kappa shape index (κ3) is 6.61. The number of aromatic nitrogens is 1. The molecule has 1 N–H and O–H groups in total. The quantitative estimate of drug-likeness (QED) is 0.447. The molecule has 2 heterocycles.